The Balaban J connectivity index is 1.91. The van der Waals surface area contributed by atoms with E-state index in [1.54, 1.807) is 30.3 Å². The summed E-state index contributed by atoms with van der Waals surface area (Å²) in [5.74, 6) is -0.456. The number of aromatic nitrogens is 2. The van der Waals surface area contributed by atoms with Crippen LogP contribution in [0.25, 0.3) is 10.9 Å². The molecule has 3 aromatic rings. The zero-order chi connectivity index (χ0) is 17.3. The molecule has 0 aliphatic rings. The van der Waals surface area contributed by atoms with Gasteiger partial charge in [-0.1, -0.05) is 18.2 Å². The van der Waals surface area contributed by atoms with Crippen LogP contribution >= 0.6 is 15.9 Å². The first-order valence-corrected chi connectivity index (χ1v) is 8.03. The highest BCUT2D eigenvalue weighted by Crippen LogP contribution is 2.23. The number of benzene rings is 2. The first-order valence-electron chi connectivity index (χ1n) is 7.23. The normalized spacial score (nSPS) is 10.8. The molecule has 6 nitrogen and oxygen atoms in total. The predicted octanol–water partition coefficient (Wildman–Crippen LogP) is 2.40. The predicted molar refractivity (Wildman–Crippen MR) is 96.3 cm³/mol. The van der Waals surface area contributed by atoms with E-state index in [4.69, 9.17) is 0 Å². The fourth-order valence-corrected chi connectivity index (χ4v) is 2.99. The molecule has 0 bridgehead atoms. The van der Waals surface area contributed by atoms with Gasteiger partial charge in [0, 0.05) is 4.47 Å². The van der Waals surface area contributed by atoms with Gasteiger partial charge in [0.25, 0.3) is 5.56 Å². The van der Waals surface area contributed by atoms with E-state index in [1.807, 2.05) is 19.1 Å². The van der Waals surface area contributed by atoms with Crippen LogP contribution in [0.3, 0.4) is 0 Å². The first-order chi connectivity index (χ1) is 11.5. The summed E-state index contributed by atoms with van der Waals surface area (Å²) < 4.78 is 1.62. The number of nitrogens with zero attached hydrogens (tertiary/aromatic N) is 1. The highest BCUT2D eigenvalue weighted by molar-refractivity contribution is 9.10. The van der Waals surface area contributed by atoms with Gasteiger partial charge in [-0.25, -0.2) is 4.79 Å². The summed E-state index contributed by atoms with van der Waals surface area (Å²) in [7, 11) is 0. The van der Waals surface area contributed by atoms with E-state index in [2.05, 4.69) is 26.2 Å². The van der Waals surface area contributed by atoms with E-state index in [-0.39, 0.29) is 6.54 Å². The van der Waals surface area contributed by atoms with Gasteiger partial charge in [-0.05, 0) is 52.7 Å². The van der Waals surface area contributed by atoms with Crippen molar-refractivity contribution >= 4 is 38.4 Å². The summed E-state index contributed by atoms with van der Waals surface area (Å²) in [5.41, 5.74) is 0.965. The number of carbonyl (C=O) groups is 1. The molecule has 2 aromatic carbocycles. The lowest BCUT2D eigenvalue weighted by Gasteiger charge is -2.09. The van der Waals surface area contributed by atoms with Crippen molar-refractivity contribution in [2.75, 3.05) is 5.32 Å². The molecule has 0 radical (unpaired) electrons. The van der Waals surface area contributed by atoms with E-state index < -0.39 is 17.2 Å². The molecule has 3 rings (SSSR count). The number of para-hydroxylation sites is 1. The number of amides is 1. The van der Waals surface area contributed by atoms with Crippen LogP contribution in [0.2, 0.25) is 0 Å². The second-order valence-electron chi connectivity index (χ2n) is 5.40. The number of aromatic amines is 1. The average Bonchev–Trinajstić information content (AvgIpc) is 2.54. The Labute approximate surface area is 145 Å². The molecule has 122 valence electrons. The Kier molecular flexibility index (Phi) is 4.35. The molecule has 0 atom stereocenters. The summed E-state index contributed by atoms with van der Waals surface area (Å²) in [6.07, 6.45) is 0. The number of fused-ring (bicyclic) bond motifs is 1. The second-order valence-corrected chi connectivity index (χ2v) is 6.25. The number of aryl methyl sites for hydroxylation is 1. The van der Waals surface area contributed by atoms with Gasteiger partial charge in [-0.15, -0.1) is 0 Å². The van der Waals surface area contributed by atoms with Gasteiger partial charge in [0.15, 0.2) is 0 Å². The lowest BCUT2D eigenvalue weighted by atomic mass is 10.2. The minimum atomic E-state index is -0.614. The monoisotopic (exact) mass is 387 g/mol. The number of nitrogens with one attached hydrogen (secondary N) is 2. The van der Waals surface area contributed by atoms with Gasteiger partial charge in [0.2, 0.25) is 5.91 Å². The van der Waals surface area contributed by atoms with Crippen LogP contribution in [0.4, 0.5) is 5.69 Å². The third-order valence-electron chi connectivity index (χ3n) is 3.59. The van der Waals surface area contributed by atoms with Crippen LogP contribution in [0.5, 0.6) is 0 Å². The molecule has 0 saturated carbocycles. The van der Waals surface area contributed by atoms with Crippen molar-refractivity contribution in [2.45, 2.75) is 13.5 Å². The molecule has 0 aliphatic heterocycles. The minimum Gasteiger partial charge on any atom is -0.323 e. The van der Waals surface area contributed by atoms with Crippen molar-refractivity contribution in [2.24, 2.45) is 0 Å². The summed E-state index contributed by atoms with van der Waals surface area (Å²) in [4.78, 5) is 39.3. The number of rotatable bonds is 3. The SMILES string of the molecule is Cc1ccc(NC(=O)Cn2c(=O)[nH]c3ccccc3c2=O)c(Br)c1. The molecule has 0 saturated heterocycles. The summed E-state index contributed by atoms with van der Waals surface area (Å²) in [5, 5.41) is 3.05. The Morgan fingerprint density at radius 2 is 1.96 bits per heavy atom. The first kappa shape index (κ1) is 16.2. The van der Waals surface area contributed by atoms with E-state index in [1.165, 1.54) is 0 Å². The van der Waals surface area contributed by atoms with Crippen LogP contribution in [-0.2, 0) is 11.3 Å². The molecule has 0 aliphatic carbocycles. The largest absolute Gasteiger partial charge is 0.329 e. The van der Waals surface area contributed by atoms with Crippen LogP contribution in [0.15, 0.2) is 56.5 Å². The maximum atomic E-state index is 12.4. The molecular weight excluding hydrogens is 374 g/mol. The highest BCUT2D eigenvalue weighted by Gasteiger charge is 2.12. The lowest BCUT2D eigenvalue weighted by molar-refractivity contribution is -0.116. The number of hydrogen-bond acceptors (Lipinski definition) is 3. The Morgan fingerprint density at radius 3 is 2.71 bits per heavy atom. The third kappa shape index (κ3) is 3.16. The molecule has 1 amide bonds. The molecule has 0 spiro atoms. The van der Waals surface area contributed by atoms with Gasteiger partial charge in [-0.2, -0.15) is 0 Å². The summed E-state index contributed by atoms with van der Waals surface area (Å²) in [6, 6.07) is 12.2. The number of hydrogen-bond donors (Lipinski definition) is 2. The molecule has 1 heterocycles. The Morgan fingerprint density at radius 1 is 1.21 bits per heavy atom. The molecule has 1 aromatic heterocycles. The van der Waals surface area contributed by atoms with E-state index >= 15 is 0 Å². The standard InChI is InChI=1S/C17H14BrN3O3/c1-10-6-7-14(12(18)8-10)19-15(22)9-21-16(23)11-4-2-3-5-13(11)20-17(21)24/h2-8H,9H2,1H3,(H,19,22)(H,20,24). The topological polar surface area (TPSA) is 84.0 Å². The minimum absolute atomic E-state index is 0.362. The summed E-state index contributed by atoms with van der Waals surface area (Å²) in [6.45, 7) is 1.57. The fraction of sp³-hybridized carbons (Fsp3) is 0.118. The van der Waals surface area contributed by atoms with E-state index in [0.717, 1.165) is 14.6 Å². The van der Waals surface area contributed by atoms with Crippen LogP contribution in [-0.4, -0.2) is 15.5 Å². The number of anilines is 1. The molecule has 2 N–H and O–H groups in total. The van der Waals surface area contributed by atoms with Crippen molar-refractivity contribution in [3.8, 4) is 0 Å². The van der Waals surface area contributed by atoms with Crippen LogP contribution in [0.1, 0.15) is 5.56 Å². The molecule has 7 heteroatoms. The second kappa shape index (κ2) is 6.45. The van der Waals surface area contributed by atoms with Gasteiger partial charge in [-0.3, -0.25) is 14.2 Å². The van der Waals surface area contributed by atoms with Crippen LogP contribution < -0.4 is 16.6 Å². The quantitative estimate of drug-likeness (QED) is 0.723. The van der Waals surface area contributed by atoms with Crippen molar-refractivity contribution in [3.05, 3.63) is 73.3 Å². The average molecular weight is 388 g/mol. The molecule has 0 fully saturated rings. The molecule has 24 heavy (non-hydrogen) atoms. The van der Waals surface area contributed by atoms with Crippen molar-refractivity contribution in [1.82, 2.24) is 9.55 Å². The van der Waals surface area contributed by atoms with Gasteiger partial charge < -0.3 is 10.3 Å². The number of halogens is 1. The smallest absolute Gasteiger partial charge is 0.323 e. The molecule has 0 unspecified atom stereocenters. The number of carbonyl (C=O) groups excluding carboxylic acids is 1. The van der Waals surface area contributed by atoms with E-state index in [0.29, 0.717) is 16.6 Å². The van der Waals surface area contributed by atoms with Crippen molar-refractivity contribution in [3.63, 3.8) is 0 Å². The summed E-state index contributed by atoms with van der Waals surface area (Å²) >= 11 is 3.37. The van der Waals surface area contributed by atoms with Crippen molar-refractivity contribution in [1.29, 1.82) is 0 Å². The van der Waals surface area contributed by atoms with Crippen molar-refractivity contribution < 1.29 is 4.79 Å². The van der Waals surface area contributed by atoms with Gasteiger partial charge in [0.1, 0.15) is 6.54 Å². The maximum Gasteiger partial charge on any atom is 0.329 e. The maximum absolute atomic E-state index is 12.4. The zero-order valence-electron chi connectivity index (χ0n) is 12.8. The van der Waals surface area contributed by atoms with Gasteiger partial charge in [0.05, 0.1) is 16.6 Å². The highest BCUT2D eigenvalue weighted by atomic mass is 79.9. The Hall–Kier alpha value is -2.67. The van der Waals surface area contributed by atoms with Gasteiger partial charge >= 0.3 is 5.69 Å². The lowest BCUT2D eigenvalue weighted by Crippen LogP contribution is -2.38. The Bertz CT molecular complexity index is 1050. The molecular formula is C17H14BrN3O3. The number of H-pyrrole nitrogens is 1. The van der Waals surface area contributed by atoms with E-state index in [9.17, 15) is 14.4 Å². The van der Waals surface area contributed by atoms with Crippen LogP contribution in [0, 0.1) is 6.92 Å². The zero-order valence-corrected chi connectivity index (χ0v) is 14.4. The third-order valence-corrected chi connectivity index (χ3v) is 4.25. The fourth-order valence-electron chi connectivity index (χ4n) is 2.40.